The Morgan fingerprint density at radius 1 is 1.15 bits per heavy atom. The largest absolute Gasteiger partial charge is 0.380 e. The third-order valence-electron chi connectivity index (χ3n) is 7.93. The average Bonchev–Trinajstić information content (AvgIpc) is 3.53. The molecule has 0 radical (unpaired) electrons. The number of rotatable bonds is 9. The number of hydrogen-bond acceptors (Lipinski definition) is 8. The van der Waals surface area contributed by atoms with Crippen LogP contribution >= 0.6 is 0 Å². The van der Waals surface area contributed by atoms with E-state index in [0.717, 1.165) is 44.7 Å². The zero-order valence-electron chi connectivity index (χ0n) is 22.1. The fraction of sp³-hybridized carbons (Fsp3) is 0.379. The van der Waals surface area contributed by atoms with Gasteiger partial charge in [-0.05, 0) is 49.1 Å². The fourth-order valence-corrected chi connectivity index (χ4v) is 5.81. The second kappa shape index (κ2) is 11.3. The van der Waals surface area contributed by atoms with Gasteiger partial charge in [0.05, 0.1) is 28.5 Å². The minimum Gasteiger partial charge on any atom is -0.380 e. The Morgan fingerprint density at radius 2 is 1.92 bits per heavy atom. The summed E-state index contributed by atoms with van der Waals surface area (Å²) in [5.74, 6) is -0.190. The van der Waals surface area contributed by atoms with E-state index in [1.54, 1.807) is 6.07 Å². The lowest BCUT2D eigenvalue weighted by Gasteiger charge is -2.32. The molecule has 5 rings (SSSR count). The van der Waals surface area contributed by atoms with Crippen molar-refractivity contribution in [1.82, 2.24) is 14.8 Å². The number of piperazine rings is 1. The molecule has 5 N–H and O–H groups in total. The van der Waals surface area contributed by atoms with Crippen LogP contribution in [0.2, 0.25) is 0 Å². The zero-order chi connectivity index (χ0) is 27.5. The van der Waals surface area contributed by atoms with Crippen molar-refractivity contribution in [2.24, 2.45) is 23.5 Å². The minimum atomic E-state index is -0.338. The first-order valence-electron chi connectivity index (χ1n) is 13.2. The summed E-state index contributed by atoms with van der Waals surface area (Å²) in [6.07, 6.45) is 7.78. The second-order valence-electron chi connectivity index (χ2n) is 10.6. The highest BCUT2D eigenvalue weighted by molar-refractivity contribution is 6.01. The first kappa shape index (κ1) is 26.4. The lowest BCUT2D eigenvalue weighted by molar-refractivity contribution is -0.122. The molecule has 2 fully saturated rings. The van der Waals surface area contributed by atoms with Crippen LogP contribution in [0.25, 0.3) is 0 Å². The maximum atomic E-state index is 12.2. The SMILES string of the molecule is C=CC(=O)Nc1cc(CN2CCN(C)CC2)ccc1Nc1cc(N[C@H]2[C@@H](C(N)=O)[C@@H]3C=C[C@H]2C3)c(C#N)cn1. The molecular weight excluding hydrogens is 492 g/mol. The maximum Gasteiger partial charge on any atom is 0.247 e. The van der Waals surface area contributed by atoms with Crippen molar-refractivity contribution in [3.05, 3.63) is 66.4 Å². The number of carbonyl (C=O) groups is 2. The van der Waals surface area contributed by atoms with Crippen molar-refractivity contribution in [1.29, 1.82) is 5.26 Å². The van der Waals surface area contributed by atoms with Crippen LogP contribution in [0.1, 0.15) is 17.5 Å². The number of primary amides is 1. The number of nitrogens with one attached hydrogen (secondary N) is 3. The van der Waals surface area contributed by atoms with Crippen molar-refractivity contribution in [3.8, 4) is 6.07 Å². The van der Waals surface area contributed by atoms with E-state index in [2.05, 4.69) is 62.6 Å². The Balaban J connectivity index is 1.38. The van der Waals surface area contributed by atoms with Gasteiger partial charge >= 0.3 is 0 Å². The van der Waals surface area contributed by atoms with E-state index in [9.17, 15) is 14.9 Å². The number of fused-ring (bicyclic) bond motifs is 2. The monoisotopic (exact) mass is 526 g/mol. The van der Waals surface area contributed by atoms with Gasteiger partial charge in [-0.2, -0.15) is 5.26 Å². The van der Waals surface area contributed by atoms with E-state index >= 15 is 0 Å². The zero-order valence-corrected chi connectivity index (χ0v) is 22.1. The van der Waals surface area contributed by atoms with Gasteiger partial charge in [-0.25, -0.2) is 4.98 Å². The Morgan fingerprint density at radius 3 is 2.64 bits per heavy atom. The molecular formula is C29H34N8O2. The summed E-state index contributed by atoms with van der Waals surface area (Å²) >= 11 is 0. The predicted octanol–water partition coefficient (Wildman–Crippen LogP) is 2.66. The number of nitriles is 1. The van der Waals surface area contributed by atoms with Gasteiger partial charge in [0, 0.05) is 51.0 Å². The molecule has 0 unspecified atom stereocenters. The molecule has 2 aliphatic carbocycles. The standard InChI is InChI=1S/C29H34N8O2/c1-3-26(38)34-24-12-18(17-37-10-8-36(2)9-11-37)4-7-22(24)33-25-14-23(21(15-30)16-32-25)35-28-20-6-5-19(13-20)27(28)29(31)39/h3-7,12,14,16,19-20,27-28H,1,8-11,13,17H2,2H3,(H2,31,39)(H,34,38)(H2,32,33,35)/t19-,20+,27+,28-/m1/s1. The molecule has 1 saturated heterocycles. The van der Waals surface area contributed by atoms with E-state index in [1.807, 2.05) is 18.2 Å². The summed E-state index contributed by atoms with van der Waals surface area (Å²) in [7, 11) is 2.13. The predicted molar refractivity (Wildman–Crippen MR) is 151 cm³/mol. The smallest absolute Gasteiger partial charge is 0.247 e. The lowest BCUT2D eigenvalue weighted by atomic mass is 9.88. The number of allylic oxidation sites excluding steroid dienone is 1. The molecule has 1 aromatic carbocycles. The van der Waals surface area contributed by atoms with E-state index in [0.29, 0.717) is 28.4 Å². The van der Waals surface area contributed by atoms with Crippen molar-refractivity contribution < 1.29 is 9.59 Å². The van der Waals surface area contributed by atoms with Crippen LogP contribution in [0, 0.1) is 29.1 Å². The molecule has 202 valence electrons. The first-order chi connectivity index (χ1) is 18.8. The van der Waals surface area contributed by atoms with Crippen molar-refractivity contribution >= 4 is 34.7 Å². The highest BCUT2D eigenvalue weighted by Crippen LogP contribution is 2.45. The highest BCUT2D eigenvalue weighted by atomic mass is 16.1. The van der Waals surface area contributed by atoms with E-state index < -0.39 is 0 Å². The molecule has 0 spiro atoms. The van der Waals surface area contributed by atoms with E-state index in [-0.39, 0.29) is 35.6 Å². The summed E-state index contributed by atoms with van der Waals surface area (Å²) in [4.78, 5) is 33.5. The summed E-state index contributed by atoms with van der Waals surface area (Å²) in [6, 6.07) is 9.66. The number of amides is 2. The van der Waals surface area contributed by atoms with Crippen LogP contribution in [0.4, 0.5) is 22.9 Å². The molecule has 1 aromatic heterocycles. The quantitative estimate of drug-likeness (QED) is 0.289. The number of benzene rings is 1. The first-order valence-corrected chi connectivity index (χ1v) is 13.2. The van der Waals surface area contributed by atoms with Gasteiger partial charge in [0.25, 0.3) is 0 Å². The third-order valence-corrected chi connectivity index (χ3v) is 7.93. The Hall–Kier alpha value is -4.20. The van der Waals surface area contributed by atoms with Crippen LogP contribution < -0.4 is 21.7 Å². The van der Waals surface area contributed by atoms with Gasteiger partial charge in [0.2, 0.25) is 11.8 Å². The topological polar surface area (TPSA) is 139 Å². The third kappa shape index (κ3) is 5.79. The molecule has 2 bridgehead atoms. The maximum absolute atomic E-state index is 12.2. The molecule has 39 heavy (non-hydrogen) atoms. The van der Waals surface area contributed by atoms with Crippen LogP contribution in [-0.4, -0.2) is 65.9 Å². The molecule has 1 saturated carbocycles. The number of nitrogens with two attached hydrogens (primary N) is 1. The fourth-order valence-electron chi connectivity index (χ4n) is 5.81. The average molecular weight is 527 g/mol. The van der Waals surface area contributed by atoms with Crippen molar-refractivity contribution in [2.45, 2.75) is 19.0 Å². The number of carbonyl (C=O) groups excluding carboxylic acids is 2. The van der Waals surface area contributed by atoms with Crippen LogP contribution in [0.5, 0.6) is 0 Å². The van der Waals surface area contributed by atoms with Crippen LogP contribution in [-0.2, 0) is 16.1 Å². The molecule has 10 nitrogen and oxygen atoms in total. The normalized spacial score (nSPS) is 24.2. The van der Waals surface area contributed by atoms with Gasteiger partial charge in [-0.3, -0.25) is 14.5 Å². The van der Waals surface area contributed by atoms with E-state index in [1.165, 1.54) is 12.3 Å². The van der Waals surface area contributed by atoms with E-state index in [4.69, 9.17) is 5.73 Å². The van der Waals surface area contributed by atoms with Crippen molar-refractivity contribution in [2.75, 3.05) is 49.2 Å². The van der Waals surface area contributed by atoms with Gasteiger partial charge in [0.15, 0.2) is 0 Å². The number of anilines is 4. The Bertz CT molecular complexity index is 1340. The molecule has 1 aliphatic heterocycles. The minimum absolute atomic E-state index is 0.121. The number of pyridine rings is 1. The van der Waals surface area contributed by atoms with Crippen LogP contribution in [0.15, 0.2) is 55.3 Å². The van der Waals surface area contributed by atoms with Gasteiger partial charge in [-0.1, -0.05) is 24.8 Å². The molecule has 4 atom stereocenters. The van der Waals surface area contributed by atoms with Gasteiger partial charge < -0.3 is 26.6 Å². The summed E-state index contributed by atoms with van der Waals surface area (Å²) < 4.78 is 0. The molecule has 2 heterocycles. The second-order valence-corrected chi connectivity index (χ2v) is 10.6. The lowest BCUT2D eigenvalue weighted by Crippen LogP contribution is -2.43. The summed E-state index contributed by atoms with van der Waals surface area (Å²) in [6.45, 7) is 8.39. The van der Waals surface area contributed by atoms with Crippen LogP contribution in [0.3, 0.4) is 0 Å². The Kier molecular flexibility index (Phi) is 7.63. The number of likely N-dealkylation sites (N-methyl/N-ethyl adjacent to an activating group) is 1. The van der Waals surface area contributed by atoms with Crippen molar-refractivity contribution in [3.63, 3.8) is 0 Å². The molecule has 2 amide bonds. The summed E-state index contributed by atoms with van der Waals surface area (Å²) in [5.41, 5.74) is 9.04. The molecule has 3 aliphatic rings. The number of nitrogens with zero attached hydrogens (tertiary/aromatic N) is 4. The van der Waals surface area contributed by atoms with Gasteiger partial charge in [0.1, 0.15) is 11.9 Å². The van der Waals surface area contributed by atoms with Gasteiger partial charge in [-0.15, -0.1) is 0 Å². The number of hydrogen-bond donors (Lipinski definition) is 4. The molecule has 2 aromatic rings. The number of aromatic nitrogens is 1. The summed E-state index contributed by atoms with van der Waals surface area (Å²) in [5, 5.41) is 19.3. The highest BCUT2D eigenvalue weighted by Gasteiger charge is 2.47. The Labute approximate surface area is 228 Å². The molecule has 10 heteroatoms.